The molecule has 0 unspecified atom stereocenters. The Morgan fingerprint density at radius 1 is 1.00 bits per heavy atom. The van der Waals surface area contributed by atoms with Gasteiger partial charge in [0.1, 0.15) is 17.3 Å². The number of aliphatic carboxylic acids is 1. The Balaban J connectivity index is 2.80. The van der Waals surface area contributed by atoms with Crippen LogP contribution in [0.2, 0.25) is 0 Å². The van der Waals surface area contributed by atoms with E-state index in [9.17, 15) is 28.3 Å². The van der Waals surface area contributed by atoms with Crippen LogP contribution in [0.5, 0.6) is 5.75 Å². The van der Waals surface area contributed by atoms with Crippen molar-refractivity contribution in [1.29, 1.82) is 0 Å². The first kappa shape index (κ1) is 22.3. The number of benzene rings is 1. The summed E-state index contributed by atoms with van der Waals surface area (Å²) >= 11 is 0. The maximum Gasteiger partial charge on any atom is 0.514 e. The summed E-state index contributed by atoms with van der Waals surface area (Å²) in [4.78, 5) is 34.2. The molecule has 0 saturated heterocycles. The van der Waals surface area contributed by atoms with Gasteiger partial charge in [-0.15, -0.1) is 0 Å². The Labute approximate surface area is 155 Å². The molecule has 0 spiro atoms. The molecule has 1 rings (SSSR count). The highest BCUT2D eigenvalue weighted by Crippen LogP contribution is 2.32. The Hall–Kier alpha value is -2.71. The van der Waals surface area contributed by atoms with Gasteiger partial charge in [0.2, 0.25) is 0 Å². The lowest BCUT2D eigenvalue weighted by atomic mass is 10.0. The molecule has 0 aliphatic carbocycles. The van der Waals surface area contributed by atoms with E-state index in [0.29, 0.717) is 6.42 Å². The molecule has 0 atom stereocenters. The average molecular weight is 387 g/mol. The molecule has 0 bridgehead atoms. The molecule has 1 aromatic rings. The molecule has 0 fully saturated rings. The molecule has 0 heterocycles. The van der Waals surface area contributed by atoms with Crippen molar-refractivity contribution in [1.82, 2.24) is 0 Å². The van der Waals surface area contributed by atoms with Gasteiger partial charge in [-0.3, -0.25) is 0 Å². The molecule has 0 radical (unpaired) electrons. The van der Waals surface area contributed by atoms with Gasteiger partial charge in [-0.1, -0.05) is 6.92 Å². The molecular formula is C18H21F2O7-. The fourth-order valence-electron chi connectivity index (χ4n) is 1.67. The van der Waals surface area contributed by atoms with E-state index in [-0.39, 0.29) is 11.3 Å². The molecule has 0 N–H and O–H groups in total. The van der Waals surface area contributed by atoms with E-state index in [4.69, 9.17) is 9.47 Å². The van der Waals surface area contributed by atoms with Crippen molar-refractivity contribution in [3.63, 3.8) is 0 Å². The first-order valence-corrected chi connectivity index (χ1v) is 8.05. The largest absolute Gasteiger partial charge is 0.544 e. The Morgan fingerprint density at radius 3 is 1.96 bits per heavy atom. The van der Waals surface area contributed by atoms with Crippen LogP contribution < -0.4 is 9.84 Å². The molecule has 0 aromatic heterocycles. The first-order valence-electron chi connectivity index (χ1n) is 8.05. The predicted molar refractivity (Wildman–Crippen MR) is 87.4 cm³/mol. The van der Waals surface area contributed by atoms with Crippen molar-refractivity contribution >= 4 is 18.1 Å². The fourth-order valence-corrected chi connectivity index (χ4v) is 1.67. The number of hydrogen-bond acceptors (Lipinski definition) is 7. The number of halogens is 2. The number of alkyl halides is 2. The summed E-state index contributed by atoms with van der Waals surface area (Å²) in [6.07, 6.45) is -0.369. The highest BCUT2D eigenvalue weighted by atomic mass is 19.3. The van der Waals surface area contributed by atoms with E-state index in [1.165, 1.54) is 24.3 Å². The van der Waals surface area contributed by atoms with E-state index in [2.05, 4.69) is 4.74 Å². The summed E-state index contributed by atoms with van der Waals surface area (Å²) in [5.41, 5.74) is -3.49. The maximum atomic E-state index is 13.6. The minimum atomic E-state index is -4.39. The minimum Gasteiger partial charge on any atom is -0.544 e. The summed E-state index contributed by atoms with van der Waals surface area (Å²) in [5, 5.41) is 10.5. The van der Waals surface area contributed by atoms with Crippen molar-refractivity contribution in [2.45, 2.75) is 58.2 Å². The van der Waals surface area contributed by atoms with Crippen LogP contribution in [0, 0.1) is 0 Å². The Morgan fingerprint density at radius 2 is 1.52 bits per heavy atom. The van der Waals surface area contributed by atoms with Crippen LogP contribution in [-0.2, 0) is 14.3 Å². The standard InChI is InChI=1S/C18H22F2O7/c1-6-16(2,3)27-15(24)25-12-9-7-11(8-10-12)13(21)26-17(4,5)18(19,20)14(22)23/h7-10H,6H2,1-5H3,(H,22,23)/p-1. The monoisotopic (exact) mass is 387 g/mol. The molecule has 0 aliphatic heterocycles. The molecule has 0 aliphatic rings. The van der Waals surface area contributed by atoms with Crippen LogP contribution >= 0.6 is 0 Å². The molecule has 1 aromatic carbocycles. The summed E-state index contributed by atoms with van der Waals surface area (Å²) in [6, 6.07) is 4.81. The molecule has 150 valence electrons. The zero-order valence-electron chi connectivity index (χ0n) is 15.6. The summed E-state index contributed by atoms with van der Waals surface area (Å²) in [7, 11) is 0. The predicted octanol–water partition coefficient (Wildman–Crippen LogP) is 2.71. The van der Waals surface area contributed by atoms with Gasteiger partial charge in [-0.05, 0) is 58.4 Å². The number of ether oxygens (including phenoxy) is 3. The SMILES string of the molecule is CCC(C)(C)OC(=O)Oc1ccc(C(=O)OC(C)(C)C(F)(F)C(=O)[O-])cc1. The van der Waals surface area contributed by atoms with E-state index < -0.39 is 35.2 Å². The van der Waals surface area contributed by atoms with Crippen molar-refractivity contribution in [2.24, 2.45) is 0 Å². The van der Waals surface area contributed by atoms with E-state index >= 15 is 0 Å². The van der Waals surface area contributed by atoms with Crippen LogP contribution in [0.15, 0.2) is 24.3 Å². The van der Waals surface area contributed by atoms with Crippen molar-refractivity contribution < 1.29 is 42.5 Å². The fraction of sp³-hybridized carbons (Fsp3) is 0.500. The molecule has 0 amide bonds. The van der Waals surface area contributed by atoms with Gasteiger partial charge >= 0.3 is 18.0 Å². The van der Waals surface area contributed by atoms with Crippen molar-refractivity contribution in [3.8, 4) is 5.75 Å². The van der Waals surface area contributed by atoms with Gasteiger partial charge in [0.25, 0.3) is 0 Å². The van der Waals surface area contributed by atoms with Gasteiger partial charge in [-0.25, -0.2) is 9.59 Å². The quantitative estimate of drug-likeness (QED) is 0.523. The summed E-state index contributed by atoms with van der Waals surface area (Å²) in [6.45, 7) is 6.75. The van der Waals surface area contributed by atoms with Gasteiger partial charge in [0.05, 0.1) is 5.56 Å². The third kappa shape index (κ3) is 5.63. The normalized spacial score (nSPS) is 12.3. The number of esters is 1. The second-order valence-electron chi connectivity index (χ2n) is 6.85. The second-order valence-corrected chi connectivity index (χ2v) is 6.85. The third-order valence-corrected chi connectivity index (χ3v) is 3.86. The zero-order chi connectivity index (χ0) is 21.0. The van der Waals surface area contributed by atoms with Crippen LogP contribution in [-0.4, -0.2) is 35.2 Å². The van der Waals surface area contributed by atoms with Crippen molar-refractivity contribution in [3.05, 3.63) is 29.8 Å². The highest BCUT2D eigenvalue weighted by Gasteiger charge is 2.51. The first-order chi connectivity index (χ1) is 12.2. The summed E-state index contributed by atoms with van der Waals surface area (Å²) in [5.74, 6) is -8.16. The number of hydrogen-bond donors (Lipinski definition) is 0. The Kier molecular flexibility index (Phi) is 6.53. The van der Waals surface area contributed by atoms with Crippen LogP contribution in [0.4, 0.5) is 13.6 Å². The van der Waals surface area contributed by atoms with Crippen LogP contribution in [0.1, 0.15) is 51.4 Å². The molecule has 7 nitrogen and oxygen atoms in total. The van der Waals surface area contributed by atoms with E-state index in [0.717, 1.165) is 13.8 Å². The molecule has 0 saturated carbocycles. The summed E-state index contributed by atoms with van der Waals surface area (Å²) < 4.78 is 41.8. The molecule has 9 heteroatoms. The van der Waals surface area contributed by atoms with Crippen LogP contribution in [0.25, 0.3) is 0 Å². The van der Waals surface area contributed by atoms with E-state index in [1.54, 1.807) is 13.8 Å². The number of rotatable bonds is 7. The zero-order valence-corrected chi connectivity index (χ0v) is 15.6. The minimum absolute atomic E-state index is 0.0581. The molecular weight excluding hydrogens is 366 g/mol. The second kappa shape index (κ2) is 7.89. The topological polar surface area (TPSA) is 102 Å². The number of carboxylic acid groups (broad SMARTS) is 1. The van der Waals surface area contributed by atoms with Crippen LogP contribution in [0.3, 0.4) is 0 Å². The van der Waals surface area contributed by atoms with Gasteiger partial charge in [-0.2, -0.15) is 8.78 Å². The van der Waals surface area contributed by atoms with Gasteiger partial charge < -0.3 is 24.1 Å². The van der Waals surface area contributed by atoms with Gasteiger partial charge in [0, 0.05) is 0 Å². The highest BCUT2D eigenvalue weighted by molar-refractivity contribution is 5.90. The molecule has 27 heavy (non-hydrogen) atoms. The maximum absolute atomic E-state index is 13.6. The van der Waals surface area contributed by atoms with E-state index in [1.807, 2.05) is 6.92 Å². The third-order valence-electron chi connectivity index (χ3n) is 3.86. The number of carboxylic acids is 1. The lowest BCUT2D eigenvalue weighted by Crippen LogP contribution is -2.57. The smallest absolute Gasteiger partial charge is 0.514 e. The average Bonchev–Trinajstić information content (AvgIpc) is 2.54. The number of carbonyl (C=O) groups excluding carboxylic acids is 3. The lowest BCUT2D eigenvalue weighted by Gasteiger charge is -2.33. The van der Waals surface area contributed by atoms with Crippen molar-refractivity contribution in [2.75, 3.05) is 0 Å². The Bertz CT molecular complexity index is 709. The van der Waals surface area contributed by atoms with Gasteiger partial charge in [0.15, 0.2) is 5.60 Å². The lowest BCUT2D eigenvalue weighted by molar-refractivity contribution is -0.341. The number of carbonyl (C=O) groups is 3.